The number of rotatable bonds is 8. The van der Waals surface area contributed by atoms with Crippen molar-refractivity contribution in [1.82, 2.24) is 5.32 Å². The van der Waals surface area contributed by atoms with Gasteiger partial charge in [0.1, 0.15) is 0 Å². The van der Waals surface area contributed by atoms with Crippen LogP contribution in [0.4, 0.5) is 0 Å². The van der Waals surface area contributed by atoms with Crippen LogP contribution in [0, 0.1) is 6.92 Å². The quantitative estimate of drug-likeness (QED) is 0.426. The third kappa shape index (κ3) is 6.12. The highest BCUT2D eigenvalue weighted by atomic mass is 16.5. The minimum Gasteiger partial charge on any atom is -0.449 e. The van der Waals surface area contributed by atoms with Crippen molar-refractivity contribution in [2.45, 2.75) is 32.4 Å². The maximum atomic E-state index is 13.1. The largest absolute Gasteiger partial charge is 0.449 e. The predicted octanol–water partition coefficient (Wildman–Crippen LogP) is 4.73. The molecule has 0 aliphatic carbocycles. The molecule has 0 radical (unpaired) electrons. The predicted molar refractivity (Wildman–Crippen MR) is 118 cm³/mol. The van der Waals surface area contributed by atoms with Crippen molar-refractivity contribution in [3.8, 4) is 0 Å². The fourth-order valence-electron chi connectivity index (χ4n) is 3.30. The van der Waals surface area contributed by atoms with Gasteiger partial charge in [-0.15, -0.1) is 0 Å². The van der Waals surface area contributed by atoms with Crippen molar-refractivity contribution in [3.05, 3.63) is 107 Å². The van der Waals surface area contributed by atoms with Gasteiger partial charge in [0.15, 0.2) is 6.10 Å². The number of amides is 1. The van der Waals surface area contributed by atoms with Crippen molar-refractivity contribution in [1.29, 1.82) is 0 Å². The molecule has 0 aliphatic rings. The Bertz CT molecular complexity index is 1030. The third-order valence-corrected chi connectivity index (χ3v) is 4.88. The Hall–Kier alpha value is -3.73. The van der Waals surface area contributed by atoms with Gasteiger partial charge in [-0.25, -0.2) is 0 Å². The smallest absolute Gasteiger partial charge is 0.309 e. The molecule has 0 heterocycles. The molecule has 3 aromatic rings. The van der Waals surface area contributed by atoms with Gasteiger partial charge in [0.25, 0.3) is 0 Å². The highest BCUT2D eigenvalue weighted by molar-refractivity contribution is 6.01. The number of ketones is 1. The molecule has 0 saturated carbocycles. The Kier molecular flexibility index (Phi) is 7.33. The Morgan fingerprint density at radius 2 is 1.39 bits per heavy atom. The average Bonchev–Trinajstić information content (AvgIpc) is 2.78. The number of hydrogen-bond acceptors (Lipinski definition) is 4. The molecular weight excluding hydrogens is 390 g/mol. The van der Waals surface area contributed by atoms with E-state index in [-0.39, 0.29) is 18.1 Å². The maximum Gasteiger partial charge on any atom is 0.309 e. The zero-order valence-electron chi connectivity index (χ0n) is 17.6. The zero-order chi connectivity index (χ0) is 22.2. The first-order valence-corrected chi connectivity index (χ1v) is 10.1. The summed E-state index contributed by atoms with van der Waals surface area (Å²) in [5.74, 6) is -1.12. The molecule has 0 bridgehead atoms. The Labute approximate surface area is 182 Å². The normalized spacial score (nSPS) is 12.5. The molecule has 0 aliphatic heterocycles. The molecule has 5 heteroatoms. The summed E-state index contributed by atoms with van der Waals surface area (Å²) >= 11 is 0. The first-order valence-electron chi connectivity index (χ1n) is 10.1. The summed E-state index contributed by atoms with van der Waals surface area (Å²) in [6, 6.07) is 24.7. The SMILES string of the molecule is CC(=O)NC(CC(=O)OC(C(=O)c1ccccc1)c1ccccc1)c1ccc(C)cc1. The van der Waals surface area contributed by atoms with Gasteiger partial charge in [-0.1, -0.05) is 90.5 Å². The molecule has 2 unspecified atom stereocenters. The van der Waals surface area contributed by atoms with E-state index in [9.17, 15) is 14.4 Å². The molecule has 0 aromatic heterocycles. The molecule has 0 fully saturated rings. The van der Waals surface area contributed by atoms with Crippen molar-refractivity contribution in [3.63, 3.8) is 0 Å². The summed E-state index contributed by atoms with van der Waals surface area (Å²) in [7, 11) is 0. The van der Waals surface area contributed by atoms with Gasteiger partial charge >= 0.3 is 5.97 Å². The van der Waals surface area contributed by atoms with E-state index in [0.29, 0.717) is 11.1 Å². The molecule has 5 nitrogen and oxygen atoms in total. The molecule has 1 N–H and O–H groups in total. The summed E-state index contributed by atoms with van der Waals surface area (Å²) in [6.07, 6.45) is -1.15. The Morgan fingerprint density at radius 1 is 0.806 bits per heavy atom. The highest BCUT2D eigenvalue weighted by Gasteiger charge is 2.28. The van der Waals surface area contributed by atoms with Crippen LogP contribution in [0.1, 0.15) is 52.5 Å². The molecule has 2 atom stereocenters. The van der Waals surface area contributed by atoms with E-state index in [0.717, 1.165) is 11.1 Å². The number of carbonyl (C=O) groups excluding carboxylic acids is 3. The van der Waals surface area contributed by atoms with E-state index in [4.69, 9.17) is 4.74 Å². The van der Waals surface area contributed by atoms with E-state index < -0.39 is 18.1 Å². The summed E-state index contributed by atoms with van der Waals surface area (Å²) in [6.45, 7) is 3.36. The minimum atomic E-state index is -1.06. The summed E-state index contributed by atoms with van der Waals surface area (Å²) in [5.41, 5.74) is 2.92. The van der Waals surface area contributed by atoms with E-state index >= 15 is 0 Å². The van der Waals surface area contributed by atoms with Crippen molar-refractivity contribution < 1.29 is 19.1 Å². The van der Waals surface area contributed by atoms with Gasteiger partial charge in [0.2, 0.25) is 11.7 Å². The van der Waals surface area contributed by atoms with Gasteiger partial charge in [0.05, 0.1) is 12.5 Å². The number of ether oxygens (including phenoxy) is 1. The van der Waals surface area contributed by atoms with Crippen LogP contribution in [-0.2, 0) is 14.3 Å². The van der Waals surface area contributed by atoms with Crippen LogP contribution in [0.3, 0.4) is 0 Å². The second kappa shape index (κ2) is 10.3. The number of aryl methyl sites for hydroxylation is 1. The Morgan fingerprint density at radius 3 is 1.97 bits per heavy atom. The number of nitrogens with one attached hydrogen (secondary N) is 1. The van der Waals surface area contributed by atoms with Crippen molar-refractivity contribution in [2.24, 2.45) is 0 Å². The first-order chi connectivity index (χ1) is 14.9. The number of benzene rings is 3. The molecular formula is C26H25NO4. The van der Waals surface area contributed by atoms with Gasteiger partial charge in [-0.3, -0.25) is 14.4 Å². The summed E-state index contributed by atoms with van der Waals surface area (Å²) in [4.78, 5) is 37.7. The average molecular weight is 415 g/mol. The van der Waals surface area contributed by atoms with Gasteiger partial charge in [-0.2, -0.15) is 0 Å². The van der Waals surface area contributed by atoms with E-state index in [1.807, 2.05) is 43.3 Å². The Balaban J connectivity index is 1.82. The number of carbonyl (C=O) groups is 3. The lowest BCUT2D eigenvalue weighted by molar-refractivity contribution is -0.148. The van der Waals surface area contributed by atoms with E-state index in [1.165, 1.54) is 6.92 Å². The zero-order valence-corrected chi connectivity index (χ0v) is 17.6. The standard InChI is InChI=1S/C26H25NO4/c1-18-13-15-20(16-14-18)23(27-19(2)28)17-24(29)31-26(22-11-7-4-8-12-22)25(30)21-9-5-3-6-10-21/h3-16,23,26H,17H2,1-2H3,(H,27,28). The summed E-state index contributed by atoms with van der Waals surface area (Å²) < 4.78 is 5.67. The first kappa shape index (κ1) is 22.0. The van der Waals surface area contributed by atoms with Crippen LogP contribution >= 0.6 is 0 Å². The lowest BCUT2D eigenvalue weighted by atomic mass is 9.99. The second-order valence-corrected chi connectivity index (χ2v) is 7.38. The molecule has 158 valence electrons. The van der Waals surface area contributed by atoms with Crippen LogP contribution < -0.4 is 5.32 Å². The molecule has 1 amide bonds. The number of esters is 1. The fourth-order valence-corrected chi connectivity index (χ4v) is 3.30. The minimum absolute atomic E-state index is 0.0892. The second-order valence-electron chi connectivity index (χ2n) is 7.38. The molecule has 3 aromatic carbocycles. The monoisotopic (exact) mass is 415 g/mol. The summed E-state index contributed by atoms with van der Waals surface area (Å²) in [5, 5.41) is 2.80. The molecule has 0 spiro atoms. The molecule has 0 saturated heterocycles. The highest BCUT2D eigenvalue weighted by Crippen LogP contribution is 2.25. The fraction of sp³-hybridized carbons (Fsp3) is 0.192. The topological polar surface area (TPSA) is 72.5 Å². The van der Waals surface area contributed by atoms with E-state index in [1.54, 1.807) is 48.5 Å². The maximum absolute atomic E-state index is 13.1. The van der Waals surface area contributed by atoms with Crippen LogP contribution in [0.25, 0.3) is 0 Å². The van der Waals surface area contributed by atoms with Crippen molar-refractivity contribution >= 4 is 17.7 Å². The van der Waals surface area contributed by atoms with Gasteiger partial charge in [0, 0.05) is 18.1 Å². The number of hydrogen-bond donors (Lipinski definition) is 1. The van der Waals surface area contributed by atoms with Gasteiger partial charge < -0.3 is 10.1 Å². The molecule has 3 rings (SSSR count). The van der Waals surface area contributed by atoms with Crippen LogP contribution in [-0.4, -0.2) is 17.7 Å². The van der Waals surface area contributed by atoms with Crippen LogP contribution in [0.2, 0.25) is 0 Å². The van der Waals surface area contributed by atoms with Crippen LogP contribution in [0.15, 0.2) is 84.9 Å². The van der Waals surface area contributed by atoms with Gasteiger partial charge in [-0.05, 0) is 12.5 Å². The lowest BCUT2D eigenvalue weighted by Gasteiger charge is -2.21. The number of Topliss-reactive ketones (excluding diaryl/α,β-unsaturated/α-hetero) is 1. The molecule has 31 heavy (non-hydrogen) atoms. The third-order valence-electron chi connectivity index (χ3n) is 4.88. The van der Waals surface area contributed by atoms with Crippen molar-refractivity contribution in [2.75, 3.05) is 0 Å². The van der Waals surface area contributed by atoms with Crippen LogP contribution in [0.5, 0.6) is 0 Å². The lowest BCUT2D eigenvalue weighted by Crippen LogP contribution is -2.29. The van der Waals surface area contributed by atoms with E-state index in [2.05, 4.69) is 5.32 Å².